The molecule has 2 rings (SSSR count). The fourth-order valence-electron chi connectivity index (χ4n) is 2.60. The third kappa shape index (κ3) is 3.73. The van der Waals surface area contributed by atoms with E-state index in [1.807, 2.05) is 33.8 Å². The summed E-state index contributed by atoms with van der Waals surface area (Å²) in [5, 5.41) is 3.91. The molecule has 23 heavy (non-hydrogen) atoms. The van der Waals surface area contributed by atoms with Crippen molar-refractivity contribution >= 4 is 10.0 Å². The summed E-state index contributed by atoms with van der Waals surface area (Å²) in [6.45, 7) is 7.69. The summed E-state index contributed by atoms with van der Waals surface area (Å²) >= 11 is 0. The number of nitrogens with one attached hydrogen (secondary N) is 1. The molecular weight excluding hydrogens is 316 g/mol. The molecule has 0 bridgehead atoms. The van der Waals surface area contributed by atoms with E-state index in [1.165, 1.54) is 7.11 Å². The molecule has 126 valence electrons. The smallest absolute Gasteiger partial charge is 0.244 e. The predicted octanol–water partition coefficient (Wildman–Crippen LogP) is 2.69. The van der Waals surface area contributed by atoms with Crippen LogP contribution in [0.15, 0.2) is 27.6 Å². The van der Waals surface area contributed by atoms with E-state index in [1.54, 1.807) is 12.1 Å². The van der Waals surface area contributed by atoms with E-state index in [4.69, 9.17) is 9.26 Å². The highest BCUT2D eigenvalue weighted by Crippen LogP contribution is 2.26. The topological polar surface area (TPSA) is 81.4 Å². The normalized spacial score (nSPS) is 13.1. The highest BCUT2D eigenvalue weighted by molar-refractivity contribution is 7.89. The van der Waals surface area contributed by atoms with Crippen molar-refractivity contribution < 1.29 is 17.7 Å². The Bertz CT molecular complexity index is 777. The molecule has 0 aliphatic carbocycles. The number of aryl methyl sites for hydroxylation is 3. The Balaban J connectivity index is 2.21. The molecule has 1 aromatic carbocycles. The molecule has 0 saturated heterocycles. The van der Waals surface area contributed by atoms with Crippen LogP contribution in [0, 0.1) is 20.8 Å². The van der Waals surface area contributed by atoms with E-state index in [0.29, 0.717) is 11.5 Å². The van der Waals surface area contributed by atoms with Crippen molar-refractivity contribution in [2.45, 2.75) is 38.5 Å². The zero-order chi connectivity index (χ0) is 17.2. The monoisotopic (exact) mass is 338 g/mol. The van der Waals surface area contributed by atoms with Crippen LogP contribution in [0.25, 0.3) is 0 Å². The van der Waals surface area contributed by atoms with Crippen LogP contribution in [0.2, 0.25) is 0 Å². The van der Waals surface area contributed by atoms with Gasteiger partial charge in [0.2, 0.25) is 10.0 Å². The van der Waals surface area contributed by atoms with Crippen molar-refractivity contribution in [1.29, 1.82) is 0 Å². The van der Waals surface area contributed by atoms with Crippen molar-refractivity contribution in [2.75, 3.05) is 13.7 Å². The molecule has 2 aromatic rings. The van der Waals surface area contributed by atoms with Crippen molar-refractivity contribution in [3.05, 3.63) is 40.8 Å². The average molecular weight is 338 g/mol. The second-order valence-corrected chi connectivity index (χ2v) is 7.38. The van der Waals surface area contributed by atoms with E-state index >= 15 is 0 Å². The molecule has 1 heterocycles. The Morgan fingerprint density at radius 2 is 2.00 bits per heavy atom. The van der Waals surface area contributed by atoms with Crippen molar-refractivity contribution in [1.82, 2.24) is 9.88 Å². The number of sulfonamides is 1. The summed E-state index contributed by atoms with van der Waals surface area (Å²) in [5.74, 6) is 0.988. The van der Waals surface area contributed by atoms with Crippen LogP contribution < -0.4 is 9.46 Å². The fraction of sp³-hybridized carbons (Fsp3) is 0.438. The third-order valence-corrected chi connectivity index (χ3v) is 5.21. The number of nitrogens with zero attached hydrogens (tertiary/aromatic N) is 1. The first kappa shape index (κ1) is 17.5. The van der Waals surface area contributed by atoms with Gasteiger partial charge in [0.25, 0.3) is 0 Å². The number of benzene rings is 1. The molecule has 0 fully saturated rings. The predicted molar refractivity (Wildman–Crippen MR) is 87.3 cm³/mol. The molecule has 1 N–H and O–H groups in total. The van der Waals surface area contributed by atoms with Gasteiger partial charge in [-0.1, -0.05) is 18.1 Å². The molecule has 0 aliphatic rings. The standard InChI is InChI=1S/C16H22N2O4S/c1-10-6-7-14(21-5)15(8-10)23(19,20)17-9-11(2)16-12(3)18-22-13(16)4/h6-8,11,17H,9H2,1-5H3/t11-/m0/s1. The van der Waals surface area contributed by atoms with Gasteiger partial charge in [0.1, 0.15) is 16.4 Å². The largest absolute Gasteiger partial charge is 0.495 e. The lowest BCUT2D eigenvalue weighted by Crippen LogP contribution is -2.28. The Morgan fingerprint density at radius 1 is 1.30 bits per heavy atom. The van der Waals surface area contributed by atoms with Gasteiger partial charge in [0.15, 0.2) is 0 Å². The highest BCUT2D eigenvalue weighted by Gasteiger charge is 2.22. The van der Waals surface area contributed by atoms with Gasteiger partial charge < -0.3 is 9.26 Å². The quantitative estimate of drug-likeness (QED) is 0.876. The minimum atomic E-state index is -3.66. The molecular formula is C16H22N2O4S. The van der Waals surface area contributed by atoms with Crippen LogP contribution >= 0.6 is 0 Å². The Morgan fingerprint density at radius 3 is 2.57 bits per heavy atom. The zero-order valence-electron chi connectivity index (χ0n) is 14.0. The molecule has 0 spiro atoms. The Labute approximate surface area is 136 Å². The van der Waals surface area contributed by atoms with Crippen molar-refractivity contribution in [3.8, 4) is 5.75 Å². The van der Waals surface area contributed by atoms with Gasteiger partial charge in [0, 0.05) is 12.1 Å². The number of rotatable bonds is 6. The Kier molecular flexibility index (Phi) is 5.11. The minimum Gasteiger partial charge on any atom is -0.495 e. The molecule has 1 aromatic heterocycles. The molecule has 0 radical (unpaired) electrons. The first-order chi connectivity index (χ1) is 10.8. The average Bonchev–Trinajstić information content (AvgIpc) is 2.84. The number of hydrogen-bond donors (Lipinski definition) is 1. The van der Waals surface area contributed by atoms with Gasteiger partial charge in [-0.25, -0.2) is 13.1 Å². The summed E-state index contributed by atoms with van der Waals surface area (Å²) in [6, 6.07) is 5.06. The van der Waals surface area contributed by atoms with Crippen LogP contribution in [-0.2, 0) is 10.0 Å². The maximum Gasteiger partial charge on any atom is 0.244 e. The zero-order valence-corrected chi connectivity index (χ0v) is 14.8. The first-order valence-corrected chi connectivity index (χ1v) is 8.81. The van der Waals surface area contributed by atoms with Crippen LogP contribution in [0.3, 0.4) is 0 Å². The molecule has 7 heteroatoms. The number of ether oxygens (including phenoxy) is 1. The second-order valence-electron chi connectivity index (χ2n) is 5.65. The number of methoxy groups -OCH3 is 1. The van der Waals surface area contributed by atoms with Gasteiger partial charge >= 0.3 is 0 Å². The van der Waals surface area contributed by atoms with Gasteiger partial charge in [-0.15, -0.1) is 0 Å². The summed E-state index contributed by atoms with van der Waals surface area (Å²) in [7, 11) is -2.21. The fourth-order valence-corrected chi connectivity index (χ4v) is 3.98. The van der Waals surface area contributed by atoms with Gasteiger partial charge in [0.05, 0.1) is 12.8 Å². The summed E-state index contributed by atoms with van der Waals surface area (Å²) in [5.41, 5.74) is 2.57. The van der Waals surface area contributed by atoms with E-state index < -0.39 is 10.0 Å². The Hall–Kier alpha value is -1.86. The molecule has 0 aliphatic heterocycles. The lowest BCUT2D eigenvalue weighted by Gasteiger charge is -2.15. The second kappa shape index (κ2) is 6.72. The molecule has 1 atom stereocenters. The SMILES string of the molecule is COc1ccc(C)cc1S(=O)(=O)NC[C@H](C)c1c(C)noc1C. The lowest BCUT2D eigenvalue weighted by atomic mass is 10.0. The van der Waals surface area contributed by atoms with Crippen molar-refractivity contribution in [3.63, 3.8) is 0 Å². The van der Waals surface area contributed by atoms with Gasteiger partial charge in [-0.2, -0.15) is 0 Å². The maximum atomic E-state index is 12.6. The van der Waals surface area contributed by atoms with Gasteiger partial charge in [-0.3, -0.25) is 0 Å². The third-order valence-electron chi connectivity index (χ3n) is 3.77. The van der Waals surface area contributed by atoms with Crippen LogP contribution in [0.5, 0.6) is 5.75 Å². The summed E-state index contributed by atoms with van der Waals surface area (Å²) < 4.78 is 38.1. The maximum absolute atomic E-state index is 12.6. The summed E-state index contributed by atoms with van der Waals surface area (Å²) in [6.07, 6.45) is 0. The first-order valence-electron chi connectivity index (χ1n) is 7.33. The number of aromatic nitrogens is 1. The molecule has 0 saturated carbocycles. The lowest BCUT2D eigenvalue weighted by molar-refractivity contribution is 0.391. The van der Waals surface area contributed by atoms with E-state index in [2.05, 4.69) is 9.88 Å². The molecule has 6 nitrogen and oxygen atoms in total. The molecule has 0 unspecified atom stereocenters. The van der Waals surface area contributed by atoms with Crippen LogP contribution in [0.1, 0.15) is 35.4 Å². The van der Waals surface area contributed by atoms with E-state index in [9.17, 15) is 8.42 Å². The van der Waals surface area contributed by atoms with Crippen LogP contribution in [0.4, 0.5) is 0 Å². The van der Waals surface area contributed by atoms with E-state index in [-0.39, 0.29) is 17.4 Å². The summed E-state index contributed by atoms with van der Waals surface area (Å²) in [4.78, 5) is 0.144. The number of hydrogen-bond acceptors (Lipinski definition) is 5. The highest BCUT2D eigenvalue weighted by atomic mass is 32.2. The van der Waals surface area contributed by atoms with Crippen molar-refractivity contribution in [2.24, 2.45) is 0 Å². The van der Waals surface area contributed by atoms with Gasteiger partial charge in [-0.05, 0) is 44.4 Å². The minimum absolute atomic E-state index is 0.0492. The van der Waals surface area contributed by atoms with Crippen LogP contribution in [-0.4, -0.2) is 27.2 Å². The molecule has 0 amide bonds. The van der Waals surface area contributed by atoms with E-state index in [0.717, 1.165) is 16.8 Å².